The first-order valence-corrected chi connectivity index (χ1v) is 8.83. The van der Waals surface area contributed by atoms with Gasteiger partial charge >= 0.3 is 6.18 Å². The van der Waals surface area contributed by atoms with Gasteiger partial charge in [-0.15, -0.1) is 0 Å². The number of nitrogens with zero attached hydrogens (tertiary/aromatic N) is 1. The number of hydrogen-bond donors (Lipinski definition) is 2. The van der Waals surface area contributed by atoms with E-state index in [4.69, 9.17) is 0 Å². The molecular weight excluding hydrogens is 331 g/mol. The molecule has 138 valence electrons. The number of hydrogen-bond acceptors (Lipinski definition) is 3. The van der Waals surface area contributed by atoms with Gasteiger partial charge < -0.3 is 15.5 Å². The fourth-order valence-corrected chi connectivity index (χ4v) is 3.38. The average Bonchev–Trinajstić information content (AvgIpc) is 3.40. The smallest absolute Gasteiger partial charge is 0.356 e. The van der Waals surface area contributed by atoms with Gasteiger partial charge in [-0.25, -0.2) is 0 Å². The van der Waals surface area contributed by atoms with E-state index in [9.17, 15) is 18.0 Å². The first-order chi connectivity index (χ1) is 11.9. The predicted molar refractivity (Wildman–Crippen MR) is 89.2 cm³/mol. The second-order valence-corrected chi connectivity index (χ2v) is 6.81. The predicted octanol–water partition coefficient (Wildman–Crippen LogP) is 2.22. The van der Waals surface area contributed by atoms with Gasteiger partial charge in [0.15, 0.2) is 0 Å². The van der Waals surface area contributed by atoms with Crippen LogP contribution in [0.3, 0.4) is 0 Å². The van der Waals surface area contributed by atoms with E-state index < -0.39 is 11.7 Å². The van der Waals surface area contributed by atoms with Crippen molar-refractivity contribution in [2.24, 2.45) is 5.92 Å². The number of piperazine rings is 1. The second-order valence-electron chi connectivity index (χ2n) is 6.81. The molecule has 1 aliphatic carbocycles. The van der Waals surface area contributed by atoms with Gasteiger partial charge in [-0.1, -0.05) is 18.2 Å². The van der Waals surface area contributed by atoms with Crippen LogP contribution < -0.4 is 10.6 Å². The number of halogens is 3. The van der Waals surface area contributed by atoms with Gasteiger partial charge in [-0.3, -0.25) is 4.79 Å². The summed E-state index contributed by atoms with van der Waals surface area (Å²) in [5.74, 6) is -0.319. The lowest BCUT2D eigenvalue weighted by Crippen LogP contribution is -2.44. The summed E-state index contributed by atoms with van der Waals surface area (Å²) >= 11 is 0. The van der Waals surface area contributed by atoms with E-state index >= 15 is 0 Å². The van der Waals surface area contributed by atoms with Crippen LogP contribution in [0.25, 0.3) is 0 Å². The number of benzene rings is 1. The lowest BCUT2D eigenvalue weighted by atomic mass is 10.1. The molecule has 2 aliphatic rings. The highest BCUT2D eigenvalue weighted by Gasteiger charge is 2.44. The maximum absolute atomic E-state index is 12.8. The van der Waals surface area contributed by atoms with Gasteiger partial charge in [-0.05, 0) is 36.9 Å². The third kappa shape index (κ3) is 4.95. The number of carbonyl (C=O) groups excluding carboxylic acids is 1. The van der Waals surface area contributed by atoms with Crippen molar-refractivity contribution in [2.75, 3.05) is 39.3 Å². The SMILES string of the molecule is O=C(NCCCN1CCNCC1)C1CC1c1cccc(C(F)(F)F)c1. The van der Waals surface area contributed by atoms with Crippen LogP contribution in [0.2, 0.25) is 0 Å². The Balaban J connectivity index is 1.41. The van der Waals surface area contributed by atoms with E-state index in [1.54, 1.807) is 6.07 Å². The Morgan fingerprint density at radius 1 is 1.28 bits per heavy atom. The molecule has 2 N–H and O–H groups in total. The summed E-state index contributed by atoms with van der Waals surface area (Å²) < 4.78 is 38.3. The third-order valence-corrected chi connectivity index (χ3v) is 4.93. The van der Waals surface area contributed by atoms with Crippen molar-refractivity contribution in [1.29, 1.82) is 0 Å². The summed E-state index contributed by atoms with van der Waals surface area (Å²) in [6.07, 6.45) is -2.82. The topological polar surface area (TPSA) is 44.4 Å². The molecule has 0 radical (unpaired) electrons. The number of nitrogens with one attached hydrogen (secondary N) is 2. The van der Waals surface area contributed by atoms with E-state index in [1.165, 1.54) is 12.1 Å². The summed E-state index contributed by atoms with van der Waals surface area (Å²) in [6, 6.07) is 5.33. The second kappa shape index (κ2) is 7.74. The van der Waals surface area contributed by atoms with Gasteiger partial charge in [0.1, 0.15) is 0 Å². The standard InChI is InChI=1S/C18H24F3N3O/c19-18(20,21)14-4-1-3-13(11-14)15-12-16(15)17(25)23-5-2-8-24-9-6-22-7-10-24/h1,3-4,11,15-16,22H,2,5-10,12H2,(H,23,25). The fraction of sp³-hybridized carbons (Fsp3) is 0.611. The Morgan fingerprint density at radius 2 is 2.04 bits per heavy atom. The van der Waals surface area contributed by atoms with Crippen LogP contribution >= 0.6 is 0 Å². The highest BCUT2D eigenvalue weighted by Crippen LogP contribution is 2.48. The summed E-state index contributed by atoms with van der Waals surface area (Å²) in [4.78, 5) is 14.5. The minimum absolute atomic E-state index is 0.0391. The molecule has 1 aromatic rings. The molecule has 0 aromatic heterocycles. The molecule has 1 saturated carbocycles. The first-order valence-electron chi connectivity index (χ1n) is 8.83. The largest absolute Gasteiger partial charge is 0.416 e. The Labute approximate surface area is 145 Å². The van der Waals surface area contributed by atoms with Gasteiger partial charge in [0.05, 0.1) is 5.56 Å². The molecule has 3 rings (SSSR count). The maximum Gasteiger partial charge on any atom is 0.416 e. The fourth-order valence-electron chi connectivity index (χ4n) is 3.38. The Hall–Kier alpha value is -1.60. The molecule has 1 aliphatic heterocycles. The van der Waals surface area contributed by atoms with Crippen LogP contribution in [-0.2, 0) is 11.0 Å². The molecule has 1 saturated heterocycles. The van der Waals surface area contributed by atoms with Crippen molar-refractivity contribution in [1.82, 2.24) is 15.5 Å². The number of rotatable bonds is 6. The number of alkyl halides is 3. The quantitative estimate of drug-likeness (QED) is 0.769. The zero-order valence-corrected chi connectivity index (χ0v) is 14.1. The molecule has 1 amide bonds. The molecule has 1 heterocycles. The van der Waals surface area contributed by atoms with Crippen molar-refractivity contribution in [3.8, 4) is 0 Å². The molecule has 25 heavy (non-hydrogen) atoms. The van der Waals surface area contributed by atoms with Crippen LogP contribution in [0.5, 0.6) is 0 Å². The molecule has 0 spiro atoms. The van der Waals surface area contributed by atoms with E-state index in [2.05, 4.69) is 15.5 Å². The van der Waals surface area contributed by atoms with Gasteiger partial charge in [0.2, 0.25) is 5.91 Å². The maximum atomic E-state index is 12.8. The van der Waals surface area contributed by atoms with E-state index in [-0.39, 0.29) is 17.7 Å². The van der Waals surface area contributed by atoms with Crippen molar-refractivity contribution in [2.45, 2.75) is 24.9 Å². The lowest BCUT2D eigenvalue weighted by molar-refractivity contribution is -0.137. The van der Waals surface area contributed by atoms with E-state index in [0.717, 1.165) is 45.2 Å². The summed E-state index contributed by atoms with van der Waals surface area (Å²) in [7, 11) is 0. The van der Waals surface area contributed by atoms with E-state index in [0.29, 0.717) is 18.5 Å². The van der Waals surface area contributed by atoms with E-state index in [1.807, 2.05) is 0 Å². The minimum atomic E-state index is -4.34. The molecule has 4 nitrogen and oxygen atoms in total. The highest BCUT2D eigenvalue weighted by atomic mass is 19.4. The Morgan fingerprint density at radius 3 is 2.76 bits per heavy atom. The number of amides is 1. The normalized spacial score (nSPS) is 24.1. The van der Waals surface area contributed by atoms with Crippen LogP contribution in [0, 0.1) is 5.92 Å². The zero-order chi connectivity index (χ0) is 17.9. The molecule has 2 fully saturated rings. The van der Waals surface area contributed by atoms with Crippen LogP contribution in [0.15, 0.2) is 24.3 Å². The average molecular weight is 355 g/mol. The Kier molecular flexibility index (Phi) is 5.64. The van der Waals surface area contributed by atoms with Crippen LogP contribution in [0.4, 0.5) is 13.2 Å². The third-order valence-electron chi connectivity index (χ3n) is 4.93. The van der Waals surface area contributed by atoms with Gasteiger partial charge in [-0.2, -0.15) is 13.2 Å². The van der Waals surface area contributed by atoms with Gasteiger partial charge in [0.25, 0.3) is 0 Å². The molecule has 2 unspecified atom stereocenters. The van der Waals surface area contributed by atoms with Crippen LogP contribution in [-0.4, -0.2) is 50.1 Å². The molecule has 2 atom stereocenters. The van der Waals surface area contributed by atoms with Gasteiger partial charge in [0, 0.05) is 38.6 Å². The summed E-state index contributed by atoms with van der Waals surface area (Å²) in [5, 5.41) is 6.22. The summed E-state index contributed by atoms with van der Waals surface area (Å²) in [6.45, 7) is 5.67. The monoisotopic (exact) mass is 355 g/mol. The van der Waals surface area contributed by atoms with Crippen molar-refractivity contribution < 1.29 is 18.0 Å². The Bertz CT molecular complexity index is 599. The molecule has 0 bridgehead atoms. The highest BCUT2D eigenvalue weighted by molar-refractivity contribution is 5.82. The van der Waals surface area contributed by atoms with Crippen molar-refractivity contribution >= 4 is 5.91 Å². The van der Waals surface area contributed by atoms with Crippen molar-refractivity contribution in [3.63, 3.8) is 0 Å². The minimum Gasteiger partial charge on any atom is -0.356 e. The van der Waals surface area contributed by atoms with Crippen molar-refractivity contribution in [3.05, 3.63) is 35.4 Å². The molecule has 7 heteroatoms. The zero-order valence-electron chi connectivity index (χ0n) is 14.1. The molecular formula is C18H24F3N3O. The number of carbonyl (C=O) groups is 1. The summed E-state index contributed by atoms with van der Waals surface area (Å²) in [5.41, 5.74) is -0.0390. The first kappa shape index (κ1) is 18.2. The molecule has 1 aromatic carbocycles. The lowest BCUT2D eigenvalue weighted by Gasteiger charge is -2.27. The van der Waals surface area contributed by atoms with Crippen LogP contribution in [0.1, 0.15) is 29.9 Å².